The van der Waals surface area contributed by atoms with Crippen molar-refractivity contribution in [3.63, 3.8) is 0 Å². The first-order chi connectivity index (χ1) is 0. The van der Waals surface area contributed by atoms with Crippen LogP contribution in [0.25, 0.3) is 0 Å². The van der Waals surface area contributed by atoms with Crippen LogP contribution in [0.1, 0.15) is 0 Å². The van der Waals surface area contributed by atoms with Gasteiger partial charge in [-0.1, -0.05) is 0 Å². The first-order valence-corrected chi connectivity index (χ1v) is 0. The Kier molecular flexibility index (Phi) is 533. The summed E-state index contributed by atoms with van der Waals surface area (Å²) in [4.78, 5) is 0. The van der Waals surface area contributed by atoms with Gasteiger partial charge in [0.05, 0.1) is 0 Å². The Labute approximate surface area is 55.9 Å². The molecule has 0 amide bonds. The van der Waals surface area contributed by atoms with Gasteiger partial charge in [0, 0.05) is 37.7 Å². The topological polar surface area (TPSA) is 105 Å². The van der Waals surface area contributed by atoms with Crippen LogP contribution in [0.15, 0.2) is 0 Å². The number of hydrogen-bond acceptors (Lipinski definition) is 3. The van der Waals surface area contributed by atoms with Crippen molar-refractivity contribution >= 4 is 0 Å². The van der Waals surface area contributed by atoms with Crippen molar-refractivity contribution in [2.75, 3.05) is 0 Å². The third kappa shape index (κ3) is 11.1. The summed E-state index contributed by atoms with van der Waals surface area (Å²) < 4.78 is 0. The molecule has 4 heavy (non-hydrogen) atoms. The SMILES string of the molecule is N.N.N.[Ar]. The van der Waals surface area contributed by atoms with Crippen LogP contribution in [0.4, 0.5) is 0 Å². The zero-order valence-corrected chi connectivity index (χ0v) is 3.18. The van der Waals surface area contributed by atoms with Gasteiger partial charge in [-0.2, -0.15) is 0 Å². The Balaban J connectivity index is 0. The molecule has 0 heterocycles. The molecule has 0 fully saturated rings. The quantitative estimate of drug-likeness (QED) is 0.403. The number of hydrogen-bond donors (Lipinski definition) is 3. The van der Waals surface area contributed by atoms with Crippen molar-refractivity contribution in [1.29, 1.82) is 0 Å². The van der Waals surface area contributed by atoms with Crippen LogP contribution in [0, 0.1) is 37.7 Å². The predicted octanol–water partition coefficient (Wildman–Crippen LogP) is 0.486. The van der Waals surface area contributed by atoms with E-state index in [1.54, 1.807) is 0 Å². The standard InChI is InChI=1S/Ar.3H3N/h;3*1H3. The van der Waals surface area contributed by atoms with Crippen molar-refractivity contribution in [2.45, 2.75) is 0 Å². The van der Waals surface area contributed by atoms with E-state index >= 15 is 0 Å². The molecule has 4 heteroatoms. The van der Waals surface area contributed by atoms with Gasteiger partial charge in [0.25, 0.3) is 0 Å². The van der Waals surface area contributed by atoms with Gasteiger partial charge in [-0.05, 0) is 0 Å². The fraction of sp³-hybridized carbons (Fsp3) is 0. The van der Waals surface area contributed by atoms with Crippen LogP contribution in [-0.2, 0) is 0 Å². The van der Waals surface area contributed by atoms with Gasteiger partial charge in [0.1, 0.15) is 0 Å². The maximum absolute atomic E-state index is 0. The second-order valence-corrected chi connectivity index (χ2v) is 0. The molecule has 0 aliphatic carbocycles. The van der Waals surface area contributed by atoms with Gasteiger partial charge in [-0.25, -0.2) is 0 Å². The molecule has 0 bridgehead atoms. The molecule has 0 aliphatic rings. The molecular formula is H9ArN3. The minimum absolute atomic E-state index is 0. The molecule has 3 nitrogen and oxygen atoms in total. The molecule has 9 N–H and O–H groups in total. The van der Waals surface area contributed by atoms with Crippen LogP contribution < -0.4 is 18.5 Å². The zero-order valence-electron chi connectivity index (χ0n) is 2.47. The average Bonchev–Trinajstić information content (AvgIpc) is 0. The molecule has 0 atom stereocenters. The average molecular weight is 91.0 g/mol. The van der Waals surface area contributed by atoms with E-state index in [1.807, 2.05) is 0 Å². The maximum Gasteiger partial charge on any atom is 0 e. The van der Waals surface area contributed by atoms with Crippen molar-refractivity contribution in [3.05, 3.63) is 0 Å². The Morgan fingerprint density at radius 1 is 0.500 bits per heavy atom. The monoisotopic (exact) mass is 91.0 g/mol. The van der Waals surface area contributed by atoms with E-state index in [9.17, 15) is 0 Å². The largest absolute Gasteiger partial charge is 0.344 e. The minimum atomic E-state index is 0. The molecule has 0 unspecified atom stereocenters. The fourth-order valence-electron chi connectivity index (χ4n) is 0. The van der Waals surface area contributed by atoms with Crippen LogP contribution in [0.2, 0.25) is 0 Å². The first kappa shape index (κ1) is 67.8. The van der Waals surface area contributed by atoms with Crippen LogP contribution >= 0.6 is 0 Å². The molecular weight excluding hydrogens is 82.0 g/mol. The van der Waals surface area contributed by atoms with Gasteiger partial charge in [0.2, 0.25) is 0 Å². The summed E-state index contributed by atoms with van der Waals surface area (Å²) in [6, 6.07) is 0. The number of rotatable bonds is 0. The van der Waals surface area contributed by atoms with E-state index < -0.39 is 0 Å². The maximum atomic E-state index is 0. The van der Waals surface area contributed by atoms with E-state index in [-0.39, 0.29) is 56.2 Å². The molecule has 0 saturated carbocycles. The summed E-state index contributed by atoms with van der Waals surface area (Å²) in [5.74, 6) is 0. The third-order valence-electron chi connectivity index (χ3n) is 0. The van der Waals surface area contributed by atoms with Crippen molar-refractivity contribution in [3.8, 4) is 0 Å². The molecule has 0 aromatic rings. The van der Waals surface area contributed by atoms with E-state index in [2.05, 4.69) is 0 Å². The summed E-state index contributed by atoms with van der Waals surface area (Å²) in [5.41, 5.74) is 0. The molecule has 32 valence electrons. The smallest absolute Gasteiger partial charge is 0 e. The van der Waals surface area contributed by atoms with E-state index in [0.29, 0.717) is 0 Å². The van der Waals surface area contributed by atoms with Gasteiger partial charge in [-0.3, -0.25) is 0 Å². The molecule has 0 saturated heterocycles. The Morgan fingerprint density at radius 3 is 0.500 bits per heavy atom. The summed E-state index contributed by atoms with van der Waals surface area (Å²) in [5, 5.41) is 0. The van der Waals surface area contributed by atoms with Crippen LogP contribution in [0.3, 0.4) is 0 Å². The van der Waals surface area contributed by atoms with Crippen LogP contribution in [0.5, 0.6) is 0 Å². The van der Waals surface area contributed by atoms with Gasteiger partial charge >= 0.3 is 0 Å². The Bertz CT molecular complexity index is 3.25. The molecule has 0 rings (SSSR count). The Hall–Kier alpha value is 1.14. The second kappa shape index (κ2) is 31.4. The van der Waals surface area contributed by atoms with Gasteiger partial charge in [-0.15, -0.1) is 0 Å². The van der Waals surface area contributed by atoms with Gasteiger partial charge < -0.3 is 18.5 Å². The third-order valence-corrected chi connectivity index (χ3v) is 0. The van der Waals surface area contributed by atoms with E-state index in [1.165, 1.54) is 0 Å². The summed E-state index contributed by atoms with van der Waals surface area (Å²) in [6.45, 7) is 0. The molecule has 0 aromatic carbocycles. The summed E-state index contributed by atoms with van der Waals surface area (Å²) in [7, 11) is 0. The molecule has 0 spiro atoms. The van der Waals surface area contributed by atoms with Crippen LogP contribution in [-0.4, -0.2) is 0 Å². The van der Waals surface area contributed by atoms with Gasteiger partial charge in [0.15, 0.2) is 0 Å². The first-order valence-electron chi connectivity index (χ1n) is 0. The fourth-order valence-corrected chi connectivity index (χ4v) is 0. The molecule has 0 aromatic heterocycles. The van der Waals surface area contributed by atoms with Crippen molar-refractivity contribution in [1.82, 2.24) is 18.5 Å². The molecule has 0 radical (unpaired) electrons. The van der Waals surface area contributed by atoms with E-state index in [0.717, 1.165) is 0 Å². The summed E-state index contributed by atoms with van der Waals surface area (Å²) in [6.07, 6.45) is 0. The zero-order chi connectivity index (χ0) is 0. The molecule has 0 aliphatic heterocycles. The minimum Gasteiger partial charge on any atom is -0.344 e. The van der Waals surface area contributed by atoms with Crippen molar-refractivity contribution in [2.24, 2.45) is 0 Å². The van der Waals surface area contributed by atoms with E-state index in [4.69, 9.17) is 0 Å². The summed E-state index contributed by atoms with van der Waals surface area (Å²) >= 11 is 0. The normalized spacial score (nSPS) is 0. The second-order valence-electron chi connectivity index (χ2n) is 0. The van der Waals surface area contributed by atoms with Crippen molar-refractivity contribution < 1.29 is 37.7 Å². The Morgan fingerprint density at radius 2 is 0.500 bits per heavy atom. The predicted molar refractivity (Wildman–Crippen MR) is 15.1 cm³/mol.